The molecule has 0 saturated carbocycles. The standard InChI is InChI=1S/C8H16N2O5S/c11-6-3-7(8(12)13)9-16(14,15)10-4-1-2-5-10/h7,9,11H,1-6H2,(H,12,13)/t7-/m1/s1. The quantitative estimate of drug-likeness (QED) is 0.547. The Labute approximate surface area is 94.2 Å². The molecule has 1 aliphatic heterocycles. The molecule has 0 spiro atoms. The Morgan fingerprint density at radius 1 is 1.38 bits per heavy atom. The number of aliphatic carboxylic acids is 1. The van der Waals surface area contributed by atoms with Crippen molar-refractivity contribution in [3.63, 3.8) is 0 Å². The van der Waals surface area contributed by atoms with Crippen LogP contribution in [0.3, 0.4) is 0 Å². The normalized spacial score (nSPS) is 19.8. The summed E-state index contributed by atoms with van der Waals surface area (Å²) in [5.41, 5.74) is 0. The minimum atomic E-state index is -3.74. The second-order valence-electron chi connectivity index (χ2n) is 3.63. The van der Waals surface area contributed by atoms with Crippen molar-refractivity contribution in [2.75, 3.05) is 19.7 Å². The number of aliphatic hydroxyl groups is 1. The van der Waals surface area contributed by atoms with Crippen LogP contribution in [-0.2, 0) is 15.0 Å². The third-order valence-corrected chi connectivity index (χ3v) is 4.04. The van der Waals surface area contributed by atoms with Crippen LogP contribution in [0.4, 0.5) is 0 Å². The molecule has 0 aliphatic carbocycles. The van der Waals surface area contributed by atoms with Gasteiger partial charge in [0, 0.05) is 19.7 Å². The molecule has 3 N–H and O–H groups in total. The first-order chi connectivity index (χ1) is 7.47. The van der Waals surface area contributed by atoms with Gasteiger partial charge in [-0.25, -0.2) is 0 Å². The molecule has 0 aromatic rings. The fourth-order valence-electron chi connectivity index (χ4n) is 1.54. The number of aliphatic hydroxyl groups excluding tert-OH is 1. The van der Waals surface area contributed by atoms with E-state index in [4.69, 9.17) is 10.2 Å². The Morgan fingerprint density at radius 3 is 2.38 bits per heavy atom. The lowest BCUT2D eigenvalue weighted by molar-refractivity contribution is -0.139. The molecule has 1 atom stereocenters. The van der Waals surface area contributed by atoms with Crippen LogP contribution in [0.1, 0.15) is 19.3 Å². The average molecular weight is 252 g/mol. The number of nitrogens with one attached hydrogen (secondary N) is 1. The lowest BCUT2D eigenvalue weighted by Crippen LogP contribution is -2.47. The Morgan fingerprint density at radius 2 is 1.94 bits per heavy atom. The highest BCUT2D eigenvalue weighted by molar-refractivity contribution is 7.87. The first-order valence-corrected chi connectivity index (χ1v) is 6.52. The molecule has 0 aromatic carbocycles. The van der Waals surface area contributed by atoms with Gasteiger partial charge in [-0.15, -0.1) is 0 Å². The second-order valence-corrected chi connectivity index (χ2v) is 5.33. The van der Waals surface area contributed by atoms with Gasteiger partial charge in [0.2, 0.25) is 0 Å². The van der Waals surface area contributed by atoms with Crippen molar-refractivity contribution in [1.29, 1.82) is 0 Å². The van der Waals surface area contributed by atoms with Gasteiger partial charge in [-0.3, -0.25) is 4.79 Å². The summed E-state index contributed by atoms with van der Waals surface area (Å²) in [7, 11) is -3.74. The number of hydrogen-bond donors (Lipinski definition) is 3. The lowest BCUT2D eigenvalue weighted by atomic mass is 10.2. The summed E-state index contributed by atoms with van der Waals surface area (Å²) in [6.07, 6.45) is 1.44. The molecule has 8 heteroatoms. The van der Waals surface area contributed by atoms with Crippen LogP contribution in [0.5, 0.6) is 0 Å². The highest BCUT2D eigenvalue weighted by Crippen LogP contribution is 2.12. The first-order valence-electron chi connectivity index (χ1n) is 5.08. The van der Waals surface area contributed by atoms with E-state index in [2.05, 4.69) is 4.72 Å². The highest BCUT2D eigenvalue weighted by atomic mass is 32.2. The topological polar surface area (TPSA) is 107 Å². The fourth-order valence-corrected chi connectivity index (χ4v) is 3.01. The SMILES string of the molecule is O=C(O)[C@@H](CCO)NS(=O)(=O)N1CCCC1. The molecule has 1 aliphatic rings. The molecule has 1 saturated heterocycles. The van der Waals surface area contributed by atoms with Crippen LogP contribution in [0.25, 0.3) is 0 Å². The zero-order chi connectivity index (χ0) is 12.2. The summed E-state index contributed by atoms with van der Waals surface area (Å²) in [5.74, 6) is -1.28. The molecule has 7 nitrogen and oxygen atoms in total. The first kappa shape index (κ1) is 13.4. The molecule has 1 heterocycles. The number of nitrogens with zero attached hydrogens (tertiary/aromatic N) is 1. The van der Waals surface area contributed by atoms with Gasteiger partial charge in [-0.05, 0) is 19.3 Å². The lowest BCUT2D eigenvalue weighted by Gasteiger charge is -2.19. The van der Waals surface area contributed by atoms with E-state index in [1.54, 1.807) is 0 Å². The second kappa shape index (κ2) is 5.58. The highest BCUT2D eigenvalue weighted by Gasteiger charge is 2.30. The van der Waals surface area contributed by atoms with Crippen molar-refractivity contribution < 1.29 is 23.4 Å². The van der Waals surface area contributed by atoms with Crippen molar-refractivity contribution in [1.82, 2.24) is 9.03 Å². The maximum atomic E-state index is 11.7. The number of carbonyl (C=O) groups is 1. The predicted molar refractivity (Wildman–Crippen MR) is 56.0 cm³/mol. The van der Waals surface area contributed by atoms with Crippen LogP contribution in [0.2, 0.25) is 0 Å². The molecule has 1 fully saturated rings. The maximum Gasteiger partial charge on any atom is 0.321 e. The Hall–Kier alpha value is -0.700. The van der Waals surface area contributed by atoms with E-state index in [0.717, 1.165) is 12.8 Å². The van der Waals surface area contributed by atoms with Crippen molar-refractivity contribution in [2.45, 2.75) is 25.3 Å². The molecule has 16 heavy (non-hydrogen) atoms. The van der Waals surface area contributed by atoms with Crippen LogP contribution in [-0.4, -0.2) is 54.6 Å². The summed E-state index contributed by atoms with van der Waals surface area (Å²) in [5, 5.41) is 17.4. The summed E-state index contributed by atoms with van der Waals surface area (Å²) in [6.45, 7) is 0.459. The molecule has 0 bridgehead atoms. The smallest absolute Gasteiger partial charge is 0.321 e. The summed E-state index contributed by atoms with van der Waals surface area (Å²) < 4.78 is 26.7. The molecule has 0 radical (unpaired) electrons. The molecule has 0 amide bonds. The summed E-state index contributed by atoms with van der Waals surface area (Å²) >= 11 is 0. The van der Waals surface area contributed by atoms with E-state index in [9.17, 15) is 13.2 Å². The fraction of sp³-hybridized carbons (Fsp3) is 0.875. The summed E-state index contributed by atoms with van der Waals surface area (Å²) in [6, 6.07) is -1.27. The zero-order valence-electron chi connectivity index (χ0n) is 8.79. The van der Waals surface area contributed by atoms with Gasteiger partial charge in [-0.2, -0.15) is 17.4 Å². The van der Waals surface area contributed by atoms with Crippen molar-refractivity contribution >= 4 is 16.2 Å². The van der Waals surface area contributed by atoms with E-state index in [1.165, 1.54) is 4.31 Å². The molecule has 1 rings (SSSR count). The number of hydrogen-bond acceptors (Lipinski definition) is 4. The average Bonchev–Trinajstić information content (AvgIpc) is 2.69. The van der Waals surface area contributed by atoms with E-state index >= 15 is 0 Å². The van der Waals surface area contributed by atoms with Gasteiger partial charge in [0.25, 0.3) is 10.2 Å². The summed E-state index contributed by atoms with van der Waals surface area (Å²) in [4.78, 5) is 10.7. The van der Waals surface area contributed by atoms with Crippen molar-refractivity contribution in [2.24, 2.45) is 0 Å². The van der Waals surface area contributed by atoms with Gasteiger partial charge in [0.05, 0.1) is 0 Å². The van der Waals surface area contributed by atoms with Crippen LogP contribution in [0.15, 0.2) is 0 Å². The minimum absolute atomic E-state index is 0.137. The molecular formula is C8H16N2O5S. The van der Waals surface area contributed by atoms with Gasteiger partial charge in [-0.1, -0.05) is 0 Å². The van der Waals surface area contributed by atoms with Crippen LogP contribution >= 0.6 is 0 Å². The monoisotopic (exact) mass is 252 g/mol. The third-order valence-electron chi connectivity index (χ3n) is 2.41. The van der Waals surface area contributed by atoms with Gasteiger partial charge >= 0.3 is 5.97 Å². The molecular weight excluding hydrogens is 236 g/mol. The maximum absolute atomic E-state index is 11.7. The number of carboxylic acids is 1. The Balaban J connectivity index is 2.65. The van der Waals surface area contributed by atoms with Gasteiger partial charge < -0.3 is 10.2 Å². The largest absolute Gasteiger partial charge is 0.480 e. The number of rotatable bonds is 6. The van der Waals surface area contributed by atoms with Crippen molar-refractivity contribution in [3.8, 4) is 0 Å². The van der Waals surface area contributed by atoms with E-state index in [-0.39, 0.29) is 13.0 Å². The zero-order valence-corrected chi connectivity index (χ0v) is 9.61. The molecule has 0 unspecified atom stereocenters. The molecule has 94 valence electrons. The van der Waals surface area contributed by atoms with E-state index in [1.807, 2.05) is 0 Å². The van der Waals surface area contributed by atoms with Gasteiger partial charge in [0.1, 0.15) is 6.04 Å². The van der Waals surface area contributed by atoms with E-state index in [0.29, 0.717) is 13.1 Å². The van der Waals surface area contributed by atoms with E-state index < -0.39 is 22.2 Å². The number of carboxylic acid groups (broad SMARTS) is 1. The van der Waals surface area contributed by atoms with Gasteiger partial charge in [0.15, 0.2) is 0 Å². The predicted octanol–water partition coefficient (Wildman–Crippen LogP) is -1.25. The Kier molecular flexibility index (Phi) is 4.66. The van der Waals surface area contributed by atoms with Crippen LogP contribution < -0.4 is 4.72 Å². The van der Waals surface area contributed by atoms with Crippen LogP contribution in [0, 0.1) is 0 Å². The van der Waals surface area contributed by atoms with Crippen molar-refractivity contribution in [3.05, 3.63) is 0 Å². The third kappa shape index (κ3) is 3.41. The minimum Gasteiger partial charge on any atom is -0.480 e. The molecule has 0 aromatic heterocycles. The Bertz CT molecular complexity index is 336.